The summed E-state index contributed by atoms with van der Waals surface area (Å²) in [7, 11) is 0. The van der Waals surface area contributed by atoms with Crippen LogP contribution in [0.5, 0.6) is 0 Å². The van der Waals surface area contributed by atoms with Gasteiger partial charge in [-0.2, -0.15) is 0 Å². The fourth-order valence-corrected chi connectivity index (χ4v) is 21.4. The van der Waals surface area contributed by atoms with E-state index in [1.807, 2.05) is 13.8 Å². The lowest BCUT2D eigenvalue weighted by Gasteiger charge is -2.63. The Morgan fingerprint density at radius 1 is 0.516 bits per heavy atom. The van der Waals surface area contributed by atoms with Crippen molar-refractivity contribution in [1.29, 1.82) is 0 Å². The predicted molar refractivity (Wildman–Crippen MR) is 243 cm³/mol. The van der Waals surface area contributed by atoms with Gasteiger partial charge in [0.1, 0.15) is 17.7 Å². The van der Waals surface area contributed by atoms with Crippen LogP contribution in [0.15, 0.2) is 0 Å². The summed E-state index contributed by atoms with van der Waals surface area (Å²) in [6, 6.07) is 0. The first-order chi connectivity index (χ1) is 29.6. The number of carboxylic acid groups (broad SMARTS) is 1. The molecule has 18 atom stereocenters. The molecular formula is C56H86O6. The maximum atomic E-state index is 16.0. The highest BCUT2D eigenvalue weighted by Crippen LogP contribution is 2.71. The van der Waals surface area contributed by atoms with Gasteiger partial charge in [0.25, 0.3) is 0 Å². The van der Waals surface area contributed by atoms with Gasteiger partial charge < -0.3 is 9.84 Å². The maximum absolute atomic E-state index is 16.0. The lowest BCUT2D eigenvalue weighted by molar-refractivity contribution is -0.201. The average molecular weight is 855 g/mol. The van der Waals surface area contributed by atoms with Crippen molar-refractivity contribution in [3.63, 3.8) is 0 Å². The zero-order chi connectivity index (χ0) is 43.6. The van der Waals surface area contributed by atoms with Crippen LogP contribution >= 0.6 is 0 Å². The fourth-order valence-electron chi connectivity index (χ4n) is 21.4. The molecule has 10 aliphatic carbocycles. The lowest BCUT2D eigenvalue weighted by Crippen LogP contribution is -2.60. The minimum absolute atomic E-state index is 0.0532. The van der Waals surface area contributed by atoms with Crippen molar-refractivity contribution in [3.8, 4) is 0 Å². The summed E-state index contributed by atoms with van der Waals surface area (Å²) in [6.45, 7) is 13.8. The smallest absolute Gasteiger partial charge is 0.313 e. The molecule has 0 aliphatic heterocycles. The van der Waals surface area contributed by atoms with E-state index in [-0.39, 0.29) is 63.3 Å². The number of hydrogen-bond acceptors (Lipinski definition) is 5. The summed E-state index contributed by atoms with van der Waals surface area (Å²) < 4.78 is 7.14. The van der Waals surface area contributed by atoms with Crippen LogP contribution < -0.4 is 0 Å². The molecule has 10 fully saturated rings. The lowest BCUT2D eigenvalue weighted by atomic mass is 9.42. The number of carbonyl (C=O) groups is 4. The molecule has 6 nitrogen and oxygen atoms in total. The van der Waals surface area contributed by atoms with Crippen molar-refractivity contribution in [3.05, 3.63) is 0 Å². The molecule has 0 bridgehead atoms. The molecule has 0 radical (unpaired) electrons. The summed E-state index contributed by atoms with van der Waals surface area (Å²) in [4.78, 5) is 55.8. The number of ketones is 2. The highest BCUT2D eigenvalue weighted by molar-refractivity contribution is 5.86. The third-order valence-corrected chi connectivity index (χ3v) is 24.3. The molecule has 0 aromatic heterocycles. The maximum Gasteiger partial charge on any atom is 0.313 e. The number of rotatable bonds is 9. The fraction of sp³-hybridized carbons (Fsp3) is 0.929. The summed E-state index contributed by atoms with van der Waals surface area (Å²) in [6.07, 6.45) is 28.2. The predicted octanol–water partition coefficient (Wildman–Crippen LogP) is 13.1. The first kappa shape index (κ1) is 44.1. The van der Waals surface area contributed by atoms with Gasteiger partial charge in [0.2, 0.25) is 0 Å². The van der Waals surface area contributed by atoms with E-state index in [0.29, 0.717) is 58.9 Å². The van der Waals surface area contributed by atoms with Crippen LogP contribution in [0.25, 0.3) is 0 Å². The van der Waals surface area contributed by atoms with E-state index in [1.165, 1.54) is 64.2 Å². The molecule has 0 heterocycles. The van der Waals surface area contributed by atoms with E-state index in [4.69, 9.17) is 4.74 Å². The number of carboxylic acids is 1. The Bertz CT molecular complexity index is 1760. The molecule has 2 unspecified atom stereocenters. The number of esters is 1. The molecule has 0 amide bonds. The number of aliphatic carboxylic acids is 1. The van der Waals surface area contributed by atoms with Crippen molar-refractivity contribution in [1.82, 2.24) is 0 Å². The second-order valence-corrected chi connectivity index (χ2v) is 25.9. The highest BCUT2D eigenvalue weighted by Gasteiger charge is 2.67. The van der Waals surface area contributed by atoms with Gasteiger partial charge in [0.15, 0.2) is 0 Å². The van der Waals surface area contributed by atoms with E-state index in [2.05, 4.69) is 27.7 Å². The third kappa shape index (κ3) is 6.44. The van der Waals surface area contributed by atoms with E-state index >= 15 is 4.79 Å². The van der Waals surface area contributed by atoms with Crippen LogP contribution in [-0.4, -0.2) is 34.7 Å². The quantitative estimate of drug-likeness (QED) is 0.232. The molecule has 346 valence electrons. The largest absolute Gasteiger partial charge is 0.481 e. The monoisotopic (exact) mass is 855 g/mol. The molecule has 0 saturated heterocycles. The Balaban J connectivity index is 0.920. The minimum atomic E-state index is -0.956. The highest BCUT2D eigenvalue weighted by atomic mass is 16.5. The van der Waals surface area contributed by atoms with E-state index in [0.717, 1.165) is 103 Å². The van der Waals surface area contributed by atoms with Gasteiger partial charge in [-0.05, 0) is 242 Å². The Morgan fingerprint density at radius 3 is 1.50 bits per heavy atom. The molecule has 1 N–H and O–H groups in total. The van der Waals surface area contributed by atoms with Crippen molar-refractivity contribution >= 4 is 23.5 Å². The summed E-state index contributed by atoms with van der Waals surface area (Å²) in [5.41, 5.74) is -0.194. The van der Waals surface area contributed by atoms with Gasteiger partial charge >= 0.3 is 11.9 Å². The van der Waals surface area contributed by atoms with Crippen LogP contribution in [0.1, 0.15) is 208 Å². The molecule has 0 aromatic carbocycles. The van der Waals surface area contributed by atoms with Gasteiger partial charge in [-0.25, -0.2) is 0 Å². The van der Waals surface area contributed by atoms with Gasteiger partial charge in [-0.3, -0.25) is 19.2 Å². The summed E-state index contributed by atoms with van der Waals surface area (Å²) >= 11 is 0. The number of hydrogen-bond donors (Lipinski definition) is 1. The standard InChI is InChI=1S/C56H86O6/c1-33(57)43-19-21-45-41-17-15-37-31-39(23-27-52(37,3)47(41)25-29-54(43,45)5)56(36-13-9-10-14-36,49(50(59)60)35-11-7-8-12-35)51(61)62-40-24-28-53(4)38(32-40)16-18-42-46-22-20-44(34(2)58)55(46,6)30-26-48(42)53/h35-49H,7-32H2,1-6H3,(H,59,60)/t37-,38-,39+,40+,41-,42-,43+,44+,45-,46-,47-,48-,49?,52-,53-,54+,55+,56?/m0/s1. The van der Waals surface area contributed by atoms with E-state index in [9.17, 15) is 19.5 Å². The molecule has 62 heavy (non-hydrogen) atoms. The van der Waals surface area contributed by atoms with Crippen LogP contribution in [0.4, 0.5) is 0 Å². The van der Waals surface area contributed by atoms with Gasteiger partial charge in [-0.1, -0.05) is 53.4 Å². The minimum Gasteiger partial charge on any atom is -0.481 e. The first-order valence-electron chi connectivity index (χ1n) is 27.0. The second kappa shape index (κ2) is 16.0. The normalized spacial score (nSPS) is 49.3. The summed E-state index contributed by atoms with van der Waals surface area (Å²) in [5.74, 6) is 5.09. The third-order valence-electron chi connectivity index (χ3n) is 24.3. The van der Waals surface area contributed by atoms with Crippen molar-refractivity contribution in [2.24, 2.45) is 110 Å². The number of fused-ring (bicyclic) bond motifs is 10. The summed E-state index contributed by atoms with van der Waals surface area (Å²) in [5, 5.41) is 11.6. The molecule has 0 aromatic rings. The Kier molecular flexibility index (Phi) is 11.4. The van der Waals surface area contributed by atoms with Crippen molar-refractivity contribution < 1.29 is 29.0 Å². The number of ether oxygens (including phenoxy) is 1. The van der Waals surface area contributed by atoms with E-state index in [1.54, 1.807) is 0 Å². The van der Waals surface area contributed by atoms with Crippen molar-refractivity contribution in [2.45, 2.75) is 215 Å². The Labute approximate surface area is 375 Å². The number of Topliss-reactive ketones (excluding diaryl/α,β-unsaturated/α-hetero) is 2. The van der Waals surface area contributed by atoms with Crippen LogP contribution in [0.2, 0.25) is 0 Å². The zero-order valence-corrected chi connectivity index (χ0v) is 40.0. The number of carbonyl (C=O) groups excluding carboxylic acids is 3. The Hall–Kier alpha value is -1.72. The molecule has 10 aliphatic rings. The van der Waals surface area contributed by atoms with Crippen LogP contribution in [0.3, 0.4) is 0 Å². The molecule has 0 spiro atoms. The Morgan fingerprint density at radius 2 is 0.984 bits per heavy atom. The van der Waals surface area contributed by atoms with Crippen LogP contribution in [-0.2, 0) is 23.9 Å². The average Bonchev–Trinajstić information content (AvgIpc) is 4.06. The zero-order valence-electron chi connectivity index (χ0n) is 40.0. The first-order valence-corrected chi connectivity index (χ1v) is 27.0. The molecule has 10 saturated carbocycles. The van der Waals surface area contributed by atoms with E-state index < -0.39 is 17.3 Å². The second-order valence-electron chi connectivity index (χ2n) is 25.9. The molecular weight excluding hydrogens is 769 g/mol. The van der Waals surface area contributed by atoms with Crippen LogP contribution in [0, 0.1) is 110 Å². The molecule has 10 rings (SSSR count). The van der Waals surface area contributed by atoms with Gasteiger partial charge in [0.05, 0.1) is 11.3 Å². The van der Waals surface area contributed by atoms with Gasteiger partial charge in [0, 0.05) is 11.8 Å². The van der Waals surface area contributed by atoms with Crippen molar-refractivity contribution in [2.75, 3.05) is 0 Å². The molecule has 6 heteroatoms. The topological polar surface area (TPSA) is 97.7 Å². The SMILES string of the molecule is CC(=O)[C@H]1CC[C@H]2[C@@H]3CC[C@H]4C[C@H](OC(=O)C(C5CCCC5)(C(C(=O)O)C5CCCC5)[C@@H]5CC[C@@]6(C)[C@@H](CC[C@@H]7[C@@H]6CC[C@]6(C)[C@@H](C(C)=O)CC[C@@H]76)C5)CC[C@]4(C)[C@H]3CC[C@]12C. The van der Waals surface area contributed by atoms with Gasteiger partial charge in [-0.15, -0.1) is 0 Å².